The van der Waals surface area contributed by atoms with Crippen LogP contribution in [-0.4, -0.2) is 21.2 Å². The summed E-state index contributed by atoms with van der Waals surface area (Å²) in [6.45, 7) is 5.03. The predicted octanol–water partition coefficient (Wildman–Crippen LogP) is 4.88. The van der Waals surface area contributed by atoms with Crippen LogP contribution in [0.1, 0.15) is 56.0 Å². The Kier molecular flexibility index (Phi) is 5.27. The van der Waals surface area contributed by atoms with Crippen molar-refractivity contribution in [1.82, 2.24) is 15.0 Å². The fourth-order valence-corrected chi connectivity index (χ4v) is 2.87. The Labute approximate surface area is 162 Å². The van der Waals surface area contributed by atoms with Crippen molar-refractivity contribution in [2.75, 3.05) is 0 Å². The summed E-state index contributed by atoms with van der Waals surface area (Å²) in [5, 5.41) is 3.98. The first-order valence-electron chi connectivity index (χ1n) is 8.89. The van der Waals surface area contributed by atoms with Gasteiger partial charge in [-0.15, -0.1) is 0 Å². The molecule has 1 aromatic heterocycles. The Morgan fingerprint density at radius 3 is 2.36 bits per heavy atom. The number of rotatable bonds is 4. The van der Waals surface area contributed by atoms with Gasteiger partial charge in [0.1, 0.15) is 5.71 Å². The molecule has 1 amide bonds. The fourth-order valence-electron chi connectivity index (χ4n) is 2.87. The van der Waals surface area contributed by atoms with Crippen LogP contribution in [0.3, 0.4) is 0 Å². The molecular formula is C21H22F2N4O. The van der Waals surface area contributed by atoms with Crippen LogP contribution in [0.2, 0.25) is 0 Å². The van der Waals surface area contributed by atoms with Crippen LogP contribution in [-0.2, 0) is 5.41 Å². The summed E-state index contributed by atoms with van der Waals surface area (Å²) in [7, 11) is 0. The average Bonchev–Trinajstić information content (AvgIpc) is 3.05. The molecule has 0 aliphatic carbocycles. The van der Waals surface area contributed by atoms with Gasteiger partial charge in [0.2, 0.25) is 0 Å². The molecule has 0 unspecified atom stereocenters. The molecule has 146 valence electrons. The molecule has 3 aromatic rings. The monoisotopic (exact) mass is 384 g/mol. The summed E-state index contributed by atoms with van der Waals surface area (Å²) in [4.78, 5) is 16.6. The van der Waals surface area contributed by atoms with Crippen LogP contribution >= 0.6 is 0 Å². The number of nitrogens with one attached hydrogen (secondary N) is 1. The van der Waals surface area contributed by atoms with E-state index in [2.05, 4.69) is 36.3 Å². The third kappa shape index (κ3) is 3.93. The van der Waals surface area contributed by atoms with Crippen molar-refractivity contribution in [3.8, 4) is 0 Å². The quantitative estimate of drug-likeness (QED) is 0.515. The number of amides is 1. The summed E-state index contributed by atoms with van der Waals surface area (Å²) in [6, 6.07) is 13.8. The number of alkyl halides is 2. The van der Waals surface area contributed by atoms with E-state index in [1.165, 1.54) is 6.92 Å². The van der Waals surface area contributed by atoms with E-state index >= 15 is 0 Å². The number of imidazole rings is 1. The van der Waals surface area contributed by atoms with Crippen molar-refractivity contribution in [2.45, 2.75) is 39.7 Å². The zero-order chi connectivity index (χ0) is 20.5. The van der Waals surface area contributed by atoms with Gasteiger partial charge in [-0.3, -0.25) is 9.36 Å². The van der Waals surface area contributed by atoms with Crippen molar-refractivity contribution in [1.29, 1.82) is 0 Å². The van der Waals surface area contributed by atoms with Crippen molar-refractivity contribution in [3.05, 3.63) is 65.5 Å². The van der Waals surface area contributed by atoms with E-state index in [-0.39, 0.29) is 17.0 Å². The number of aromatic nitrogens is 2. The molecule has 0 aliphatic heterocycles. The van der Waals surface area contributed by atoms with Gasteiger partial charge in [-0.1, -0.05) is 45.0 Å². The molecule has 0 saturated carbocycles. The molecule has 0 atom stereocenters. The highest BCUT2D eigenvalue weighted by Gasteiger charge is 2.20. The van der Waals surface area contributed by atoms with E-state index in [1.54, 1.807) is 36.4 Å². The average molecular weight is 384 g/mol. The summed E-state index contributed by atoms with van der Waals surface area (Å²) >= 11 is 0. The Morgan fingerprint density at radius 2 is 1.75 bits per heavy atom. The van der Waals surface area contributed by atoms with Gasteiger partial charge in [0.15, 0.2) is 5.82 Å². The van der Waals surface area contributed by atoms with Crippen LogP contribution in [0, 0.1) is 0 Å². The molecule has 1 heterocycles. The fraction of sp³-hybridized carbons (Fsp3) is 0.286. The predicted molar refractivity (Wildman–Crippen MR) is 106 cm³/mol. The van der Waals surface area contributed by atoms with Gasteiger partial charge in [-0.2, -0.15) is 13.9 Å². The van der Waals surface area contributed by atoms with Crippen LogP contribution < -0.4 is 5.43 Å². The van der Waals surface area contributed by atoms with E-state index in [9.17, 15) is 13.6 Å². The third-order valence-corrected chi connectivity index (χ3v) is 4.45. The highest BCUT2D eigenvalue weighted by molar-refractivity contribution is 6.00. The van der Waals surface area contributed by atoms with Crippen molar-refractivity contribution < 1.29 is 13.6 Å². The zero-order valence-corrected chi connectivity index (χ0v) is 16.2. The van der Waals surface area contributed by atoms with Crippen LogP contribution in [0.5, 0.6) is 0 Å². The molecule has 7 heteroatoms. The Balaban J connectivity index is 1.84. The summed E-state index contributed by atoms with van der Waals surface area (Å²) in [6.07, 6.45) is 0. The second-order valence-corrected chi connectivity index (χ2v) is 7.54. The number of fused-ring (bicyclic) bond motifs is 1. The number of benzene rings is 2. The molecule has 3 rings (SSSR count). The minimum absolute atomic E-state index is 0.0135. The lowest BCUT2D eigenvalue weighted by Crippen LogP contribution is -2.21. The lowest BCUT2D eigenvalue weighted by atomic mass is 9.87. The maximum atomic E-state index is 13.5. The van der Waals surface area contributed by atoms with Gasteiger partial charge in [0.05, 0.1) is 11.0 Å². The van der Waals surface area contributed by atoms with E-state index in [0.717, 1.165) is 10.1 Å². The molecule has 0 aliphatic rings. The van der Waals surface area contributed by atoms with Crippen molar-refractivity contribution >= 4 is 22.7 Å². The number of hydrazone groups is 1. The first-order valence-corrected chi connectivity index (χ1v) is 8.89. The molecule has 1 N–H and O–H groups in total. The highest BCUT2D eigenvalue weighted by Crippen LogP contribution is 2.24. The van der Waals surface area contributed by atoms with E-state index in [1.807, 2.05) is 12.1 Å². The molecule has 0 fully saturated rings. The van der Waals surface area contributed by atoms with Gasteiger partial charge in [-0.05, 0) is 42.2 Å². The van der Waals surface area contributed by atoms with Crippen molar-refractivity contribution in [3.63, 3.8) is 0 Å². The van der Waals surface area contributed by atoms with Crippen LogP contribution in [0.4, 0.5) is 8.78 Å². The second-order valence-electron chi connectivity index (χ2n) is 7.54. The molecular weight excluding hydrogens is 362 g/mol. The lowest BCUT2D eigenvalue weighted by Gasteiger charge is -2.18. The lowest BCUT2D eigenvalue weighted by molar-refractivity contribution is 0.0740. The smallest absolute Gasteiger partial charge is 0.267 e. The van der Waals surface area contributed by atoms with Gasteiger partial charge >= 0.3 is 6.55 Å². The highest BCUT2D eigenvalue weighted by atomic mass is 19.3. The molecule has 0 saturated heterocycles. The number of carbonyl (C=O) groups excluding carboxylic acids is 1. The maximum absolute atomic E-state index is 13.5. The van der Waals surface area contributed by atoms with E-state index < -0.39 is 12.5 Å². The number of hydrogen-bond donors (Lipinski definition) is 1. The molecule has 0 spiro atoms. The summed E-state index contributed by atoms with van der Waals surface area (Å²) in [5.41, 5.74) is 4.89. The molecule has 28 heavy (non-hydrogen) atoms. The normalized spacial score (nSPS) is 12.6. The number of nitrogens with zero attached hydrogens (tertiary/aromatic N) is 3. The molecule has 5 nitrogen and oxygen atoms in total. The summed E-state index contributed by atoms with van der Waals surface area (Å²) < 4.78 is 27.9. The number of halogens is 2. The Bertz CT molecular complexity index is 1030. The van der Waals surface area contributed by atoms with Crippen molar-refractivity contribution in [2.24, 2.45) is 5.10 Å². The van der Waals surface area contributed by atoms with Crippen LogP contribution in [0.15, 0.2) is 53.6 Å². The third-order valence-electron chi connectivity index (χ3n) is 4.45. The molecule has 0 radical (unpaired) electrons. The largest absolute Gasteiger partial charge is 0.320 e. The SMILES string of the molecule is CC(=NNC(=O)c1ccc(C(C)(C)C)cc1)c1nc2ccccc2n1C(F)F. The minimum atomic E-state index is -2.77. The van der Waals surface area contributed by atoms with Gasteiger partial charge in [0.25, 0.3) is 5.91 Å². The maximum Gasteiger partial charge on any atom is 0.320 e. The topological polar surface area (TPSA) is 59.3 Å². The minimum Gasteiger partial charge on any atom is -0.267 e. The summed E-state index contributed by atoms with van der Waals surface area (Å²) in [5.74, 6) is -0.404. The van der Waals surface area contributed by atoms with E-state index in [0.29, 0.717) is 16.6 Å². The van der Waals surface area contributed by atoms with E-state index in [4.69, 9.17) is 0 Å². The van der Waals surface area contributed by atoms with Crippen LogP contribution in [0.25, 0.3) is 11.0 Å². The molecule has 0 bridgehead atoms. The standard InChI is InChI=1S/C21H22F2N4O/c1-13(18-24-16-7-5-6-8-17(16)27(18)20(22)23)25-26-19(28)14-9-11-15(12-10-14)21(2,3)4/h5-12,20H,1-4H3,(H,26,28). The Morgan fingerprint density at radius 1 is 1.11 bits per heavy atom. The Hall–Kier alpha value is -3.09. The first-order chi connectivity index (χ1) is 13.2. The second kappa shape index (κ2) is 7.50. The first kappa shape index (κ1) is 19.7. The van der Waals surface area contributed by atoms with Gasteiger partial charge < -0.3 is 0 Å². The number of carbonyl (C=O) groups is 1. The van der Waals surface area contributed by atoms with Gasteiger partial charge in [-0.25, -0.2) is 10.4 Å². The number of para-hydroxylation sites is 2. The molecule has 2 aromatic carbocycles. The number of hydrogen-bond acceptors (Lipinski definition) is 3. The zero-order valence-electron chi connectivity index (χ0n) is 16.2. The van der Waals surface area contributed by atoms with Gasteiger partial charge in [0, 0.05) is 5.56 Å².